The Morgan fingerprint density at radius 1 is 1.44 bits per heavy atom. The Balaban J connectivity index is 2.48. The number of rotatable bonds is 6. The molecule has 0 aromatic carbocycles. The van der Waals surface area contributed by atoms with Gasteiger partial charge in [0.05, 0.1) is 18.5 Å². The fourth-order valence-electron chi connectivity index (χ4n) is 1.32. The van der Waals surface area contributed by atoms with E-state index in [-0.39, 0.29) is 6.04 Å². The van der Waals surface area contributed by atoms with Crippen LogP contribution in [-0.2, 0) is 4.74 Å². The van der Waals surface area contributed by atoms with Crippen molar-refractivity contribution in [2.75, 3.05) is 37.5 Å². The smallest absolute Gasteiger partial charge is 0.126 e. The predicted molar refractivity (Wildman–Crippen MR) is 68.1 cm³/mol. The Labute approximate surface area is 97.6 Å². The minimum Gasteiger partial charge on any atom is -0.380 e. The highest BCUT2D eigenvalue weighted by Gasteiger charge is 2.03. The molecule has 1 aromatic rings. The van der Waals surface area contributed by atoms with Gasteiger partial charge in [-0.25, -0.2) is 4.98 Å². The summed E-state index contributed by atoms with van der Waals surface area (Å²) in [7, 11) is 4.00. The molecular weight excluding hydrogens is 202 g/mol. The predicted octanol–water partition coefficient (Wildman–Crippen LogP) is 1.98. The summed E-state index contributed by atoms with van der Waals surface area (Å²) in [5, 5.41) is 3.29. The van der Waals surface area contributed by atoms with E-state index >= 15 is 0 Å². The van der Waals surface area contributed by atoms with Crippen LogP contribution in [-0.4, -0.2) is 38.3 Å². The molecule has 1 N–H and O–H groups in total. The third kappa shape index (κ3) is 4.06. The molecule has 1 heterocycles. The Bertz CT molecular complexity index is 298. The van der Waals surface area contributed by atoms with E-state index in [2.05, 4.69) is 17.2 Å². The zero-order valence-corrected chi connectivity index (χ0v) is 10.5. The van der Waals surface area contributed by atoms with E-state index in [0.717, 1.165) is 18.1 Å². The lowest BCUT2D eigenvalue weighted by atomic mass is 10.3. The topological polar surface area (TPSA) is 37.4 Å². The lowest BCUT2D eigenvalue weighted by molar-refractivity contribution is 0.141. The third-order valence-electron chi connectivity index (χ3n) is 2.23. The van der Waals surface area contributed by atoms with Gasteiger partial charge in [0.1, 0.15) is 5.82 Å². The molecule has 1 aromatic heterocycles. The Hall–Kier alpha value is -1.29. The van der Waals surface area contributed by atoms with Crippen LogP contribution in [0.4, 0.5) is 11.5 Å². The molecule has 0 aliphatic heterocycles. The number of nitrogens with one attached hydrogen (secondary N) is 1. The van der Waals surface area contributed by atoms with Gasteiger partial charge < -0.3 is 15.0 Å². The summed E-state index contributed by atoms with van der Waals surface area (Å²) < 4.78 is 5.33. The van der Waals surface area contributed by atoms with Gasteiger partial charge in [-0.15, -0.1) is 0 Å². The SMILES string of the molecule is CCOCC(C)Nc1ccc(N(C)C)cn1. The van der Waals surface area contributed by atoms with Gasteiger partial charge in [0.2, 0.25) is 0 Å². The van der Waals surface area contributed by atoms with Gasteiger partial charge in [0, 0.05) is 26.7 Å². The van der Waals surface area contributed by atoms with Crippen LogP contribution in [0.25, 0.3) is 0 Å². The number of hydrogen-bond acceptors (Lipinski definition) is 4. The van der Waals surface area contributed by atoms with E-state index in [4.69, 9.17) is 4.74 Å². The molecule has 1 rings (SSSR count). The summed E-state index contributed by atoms with van der Waals surface area (Å²) in [6.07, 6.45) is 1.86. The second-order valence-electron chi connectivity index (χ2n) is 4.00. The number of hydrogen-bond donors (Lipinski definition) is 1. The first kappa shape index (κ1) is 12.8. The van der Waals surface area contributed by atoms with Crippen molar-refractivity contribution in [2.45, 2.75) is 19.9 Å². The molecule has 0 saturated heterocycles. The molecule has 90 valence electrons. The second-order valence-corrected chi connectivity index (χ2v) is 4.00. The summed E-state index contributed by atoms with van der Waals surface area (Å²) in [6.45, 7) is 5.53. The van der Waals surface area contributed by atoms with Gasteiger partial charge in [0.25, 0.3) is 0 Å². The molecule has 1 unspecified atom stereocenters. The van der Waals surface area contributed by atoms with Crippen LogP contribution in [0.5, 0.6) is 0 Å². The lowest BCUT2D eigenvalue weighted by Gasteiger charge is -2.16. The van der Waals surface area contributed by atoms with E-state index in [0.29, 0.717) is 6.61 Å². The fraction of sp³-hybridized carbons (Fsp3) is 0.583. The zero-order valence-electron chi connectivity index (χ0n) is 10.5. The van der Waals surface area contributed by atoms with Crippen LogP contribution >= 0.6 is 0 Å². The summed E-state index contributed by atoms with van der Waals surface area (Å²) in [5.41, 5.74) is 1.10. The maximum absolute atomic E-state index is 5.33. The van der Waals surface area contributed by atoms with Crippen molar-refractivity contribution in [1.82, 2.24) is 4.98 Å². The first-order valence-corrected chi connectivity index (χ1v) is 5.61. The van der Waals surface area contributed by atoms with Gasteiger partial charge >= 0.3 is 0 Å². The van der Waals surface area contributed by atoms with Gasteiger partial charge in [-0.3, -0.25) is 0 Å². The van der Waals surface area contributed by atoms with Crippen LogP contribution in [0, 0.1) is 0 Å². The molecule has 0 bridgehead atoms. The molecule has 0 amide bonds. The van der Waals surface area contributed by atoms with Gasteiger partial charge in [-0.1, -0.05) is 0 Å². The number of nitrogens with zero attached hydrogens (tertiary/aromatic N) is 2. The number of pyridine rings is 1. The van der Waals surface area contributed by atoms with Crippen LogP contribution in [0.15, 0.2) is 18.3 Å². The van der Waals surface area contributed by atoms with Gasteiger partial charge in [-0.05, 0) is 26.0 Å². The van der Waals surface area contributed by atoms with Crippen LogP contribution < -0.4 is 10.2 Å². The molecular formula is C12H21N3O. The first-order valence-electron chi connectivity index (χ1n) is 5.61. The Morgan fingerprint density at radius 2 is 2.19 bits per heavy atom. The molecule has 0 spiro atoms. The van der Waals surface area contributed by atoms with E-state index < -0.39 is 0 Å². The normalized spacial score (nSPS) is 12.2. The third-order valence-corrected chi connectivity index (χ3v) is 2.23. The largest absolute Gasteiger partial charge is 0.380 e. The molecule has 0 fully saturated rings. The summed E-state index contributed by atoms with van der Waals surface area (Å²) in [4.78, 5) is 6.37. The zero-order chi connectivity index (χ0) is 12.0. The van der Waals surface area contributed by atoms with Crippen LogP contribution in [0.3, 0.4) is 0 Å². The molecule has 4 nitrogen and oxygen atoms in total. The van der Waals surface area contributed by atoms with Crippen molar-refractivity contribution in [2.24, 2.45) is 0 Å². The Morgan fingerprint density at radius 3 is 2.69 bits per heavy atom. The molecule has 1 atom stereocenters. The summed E-state index contributed by atoms with van der Waals surface area (Å²) >= 11 is 0. The van der Waals surface area contributed by atoms with E-state index in [1.807, 2.05) is 44.2 Å². The van der Waals surface area contributed by atoms with Crippen molar-refractivity contribution < 1.29 is 4.74 Å². The standard InChI is InChI=1S/C12H21N3O/c1-5-16-9-10(2)14-12-7-6-11(8-13-12)15(3)4/h6-8,10H,5,9H2,1-4H3,(H,13,14). The molecule has 0 radical (unpaired) electrons. The average Bonchev–Trinajstić information content (AvgIpc) is 2.27. The highest BCUT2D eigenvalue weighted by atomic mass is 16.5. The summed E-state index contributed by atoms with van der Waals surface area (Å²) in [5.74, 6) is 0.887. The maximum atomic E-state index is 5.33. The lowest BCUT2D eigenvalue weighted by Crippen LogP contribution is -2.22. The number of anilines is 2. The molecule has 4 heteroatoms. The number of aromatic nitrogens is 1. The molecule has 0 aliphatic rings. The van der Waals surface area contributed by atoms with E-state index in [1.54, 1.807) is 0 Å². The van der Waals surface area contributed by atoms with Gasteiger partial charge in [0.15, 0.2) is 0 Å². The minimum absolute atomic E-state index is 0.276. The monoisotopic (exact) mass is 223 g/mol. The molecule has 0 aliphatic carbocycles. The van der Waals surface area contributed by atoms with Gasteiger partial charge in [-0.2, -0.15) is 0 Å². The van der Waals surface area contributed by atoms with Crippen molar-refractivity contribution in [1.29, 1.82) is 0 Å². The minimum atomic E-state index is 0.276. The average molecular weight is 223 g/mol. The van der Waals surface area contributed by atoms with E-state index in [9.17, 15) is 0 Å². The highest BCUT2D eigenvalue weighted by molar-refractivity contribution is 5.48. The van der Waals surface area contributed by atoms with E-state index in [1.165, 1.54) is 0 Å². The molecule has 16 heavy (non-hydrogen) atoms. The van der Waals surface area contributed by atoms with Crippen molar-refractivity contribution >= 4 is 11.5 Å². The second kappa shape index (κ2) is 6.33. The van der Waals surface area contributed by atoms with Crippen LogP contribution in [0.2, 0.25) is 0 Å². The fourth-order valence-corrected chi connectivity index (χ4v) is 1.32. The summed E-state index contributed by atoms with van der Waals surface area (Å²) in [6, 6.07) is 4.30. The van der Waals surface area contributed by atoms with Crippen molar-refractivity contribution in [3.8, 4) is 0 Å². The molecule has 0 saturated carbocycles. The quantitative estimate of drug-likeness (QED) is 0.800. The first-order chi connectivity index (χ1) is 7.63. The van der Waals surface area contributed by atoms with Crippen molar-refractivity contribution in [3.63, 3.8) is 0 Å². The highest BCUT2D eigenvalue weighted by Crippen LogP contribution is 2.12. The van der Waals surface area contributed by atoms with Crippen molar-refractivity contribution in [3.05, 3.63) is 18.3 Å². The Kier molecular flexibility index (Phi) is 5.05. The number of ether oxygens (including phenoxy) is 1. The van der Waals surface area contributed by atoms with Crippen LogP contribution in [0.1, 0.15) is 13.8 Å². The maximum Gasteiger partial charge on any atom is 0.126 e.